The zero-order valence-electron chi connectivity index (χ0n) is 20.5. The van der Waals surface area contributed by atoms with Gasteiger partial charge >= 0.3 is 0 Å². The van der Waals surface area contributed by atoms with Gasteiger partial charge in [0.25, 0.3) is 6.47 Å². The van der Waals surface area contributed by atoms with Crippen LogP contribution in [0.25, 0.3) is 11.1 Å². The van der Waals surface area contributed by atoms with Crippen molar-refractivity contribution in [3.05, 3.63) is 89.5 Å². The third kappa shape index (κ3) is 8.55. The van der Waals surface area contributed by atoms with Gasteiger partial charge < -0.3 is 9.84 Å². The molecule has 1 unspecified atom stereocenters. The van der Waals surface area contributed by atoms with E-state index in [0.717, 1.165) is 41.8 Å². The van der Waals surface area contributed by atoms with Crippen LogP contribution in [0, 0.1) is 12.1 Å². The lowest BCUT2D eigenvalue weighted by atomic mass is 10.0. The fourth-order valence-electron chi connectivity index (χ4n) is 3.40. The van der Waals surface area contributed by atoms with Crippen LogP contribution in [0.1, 0.15) is 69.2 Å². The normalized spacial score (nSPS) is 11.2. The Balaban J connectivity index is 0.00000129. The number of hydrogen-bond acceptors (Lipinski definition) is 4. The lowest BCUT2D eigenvalue weighted by Gasteiger charge is -2.20. The summed E-state index contributed by atoms with van der Waals surface area (Å²) >= 11 is 0. The van der Waals surface area contributed by atoms with Crippen molar-refractivity contribution in [2.24, 2.45) is 0 Å². The minimum atomic E-state index is -0.250. The van der Waals surface area contributed by atoms with Crippen LogP contribution in [0.15, 0.2) is 60.7 Å². The van der Waals surface area contributed by atoms with Gasteiger partial charge in [0.15, 0.2) is 0 Å². The van der Waals surface area contributed by atoms with Crippen molar-refractivity contribution in [1.29, 1.82) is 0 Å². The molecule has 0 amide bonds. The highest BCUT2D eigenvalue weighted by Crippen LogP contribution is 2.28. The van der Waals surface area contributed by atoms with E-state index in [1.807, 2.05) is 19.1 Å². The fraction of sp³-hybridized carbons (Fsp3) is 0.345. The monoisotopic (exact) mass is 461 g/mol. The number of carboxylic acid groups (broad SMARTS) is 1. The average Bonchev–Trinajstić information content (AvgIpc) is 2.85. The van der Waals surface area contributed by atoms with Crippen LogP contribution in [0.2, 0.25) is 0 Å². The van der Waals surface area contributed by atoms with Gasteiger partial charge in [0.05, 0.1) is 6.61 Å². The Kier molecular flexibility index (Phi) is 11.7. The molecule has 0 saturated carbocycles. The summed E-state index contributed by atoms with van der Waals surface area (Å²) in [7, 11) is 0. The van der Waals surface area contributed by atoms with Crippen molar-refractivity contribution in [3.63, 3.8) is 0 Å². The number of rotatable bonds is 11. The van der Waals surface area contributed by atoms with Gasteiger partial charge in [0.1, 0.15) is 11.9 Å². The van der Waals surface area contributed by atoms with E-state index in [9.17, 15) is 0 Å². The molecule has 0 aliphatic carbocycles. The summed E-state index contributed by atoms with van der Waals surface area (Å²) in [4.78, 5) is 13.8. The Bertz CT molecular complexity index is 951. The quantitative estimate of drug-likeness (QED) is 0.188. The van der Waals surface area contributed by atoms with Crippen molar-refractivity contribution in [1.82, 2.24) is 5.48 Å². The molecule has 3 aromatic rings. The van der Waals surface area contributed by atoms with Gasteiger partial charge in [0.2, 0.25) is 0 Å². The van der Waals surface area contributed by atoms with Crippen molar-refractivity contribution in [3.8, 4) is 16.9 Å². The minimum absolute atomic E-state index is 0.0322. The Labute approximate surface area is 203 Å². The van der Waals surface area contributed by atoms with Gasteiger partial charge in [-0.2, -0.15) is 0 Å². The highest BCUT2D eigenvalue weighted by molar-refractivity contribution is 5.62. The summed E-state index contributed by atoms with van der Waals surface area (Å²) in [6.07, 6.45) is 2.06. The first-order valence-corrected chi connectivity index (χ1v) is 11.7. The summed E-state index contributed by atoms with van der Waals surface area (Å²) in [5.74, 6) is 1.34. The Morgan fingerprint density at radius 1 is 0.971 bits per heavy atom. The standard InChI is InChI=1S/C28H33NO2.CH2O2/c1-5-7-28(26-10-8-22(9-11-26)20-30-29-6-2)31-27-18-16-25(17-19-27)24-14-12-23(13-15-24)21(3)4;2-1-3/h8-12,14,16-19,21,28-29H,5-7,20H2,1-4H3;1H,(H,2,3). The first-order valence-electron chi connectivity index (χ1n) is 11.7. The molecule has 0 aliphatic rings. The van der Waals surface area contributed by atoms with E-state index in [0.29, 0.717) is 12.5 Å². The first kappa shape index (κ1) is 26.9. The molecule has 1 atom stereocenters. The zero-order chi connectivity index (χ0) is 24.8. The summed E-state index contributed by atoms with van der Waals surface area (Å²) in [6.45, 7) is 9.64. The first-order chi connectivity index (χ1) is 16.5. The maximum absolute atomic E-state index is 8.36. The second kappa shape index (κ2) is 14.7. The van der Waals surface area contributed by atoms with Gasteiger partial charge in [-0.1, -0.05) is 82.6 Å². The molecule has 0 heterocycles. The van der Waals surface area contributed by atoms with Crippen LogP contribution in [0.4, 0.5) is 0 Å². The average molecular weight is 462 g/mol. The van der Waals surface area contributed by atoms with E-state index in [1.165, 1.54) is 11.1 Å². The summed E-state index contributed by atoms with van der Waals surface area (Å²) in [6, 6.07) is 27.6. The van der Waals surface area contributed by atoms with E-state index in [-0.39, 0.29) is 12.6 Å². The third-order valence-electron chi connectivity index (χ3n) is 5.22. The highest BCUT2D eigenvalue weighted by atomic mass is 16.6. The molecule has 0 bridgehead atoms. The highest BCUT2D eigenvalue weighted by Gasteiger charge is 2.13. The second-order valence-electron chi connectivity index (χ2n) is 8.16. The van der Waals surface area contributed by atoms with Crippen LogP contribution in [0.5, 0.6) is 5.75 Å². The summed E-state index contributed by atoms with van der Waals surface area (Å²) in [5.41, 5.74) is 8.57. The maximum atomic E-state index is 8.36. The van der Waals surface area contributed by atoms with E-state index in [4.69, 9.17) is 19.5 Å². The van der Waals surface area contributed by atoms with Crippen LogP contribution >= 0.6 is 0 Å². The Morgan fingerprint density at radius 2 is 1.65 bits per heavy atom. The summed E-state index contributed by atoms with van der Waals surface area (Å²) < 4.78 is 6.36. The lowest BCUT2D eigenvalue weighted by Crippen LogP contribution is -2.13. The maximum Gasteiger partial charge on any atom is 0.290 e. The molecule has 5 heteroatoms. The molecule has 0 saturated heterocycles. The molecule has 0 fully saturated rings. The predicted octanol–water partition coefficient (Wildman–Crippen LogP) is 6.74. The van der Waals surface area contributed by atoms with Crippen LogP contribution in [-0.2, 0) is 16.2 Å². The topological polar surface area (TPSA) is 67.8 Å². The number of carbonyl (C=O) groups is 1. The fourth-order valence-corrected chi connectivity index (χ4v) is 3.40. The van der Waals surface area contributed by atoms with Crippen LogP contribution < -0.4 is 10.2 Å². The van der Waals surface area contributed by atoms with Gasteiger partial charge in [-0.05, 0) is 53.3 Å². The van der Waals surface area contributed by atoms with Crippen molar-refractivity contribution >= 4 is 6.47 Å². The number of hydrogen-bond donors (Lipinski definition) is 2. The molecule has 3 aromatic carbocycles. The molecular formula is C29H35NO4. The van der Waals surface area contributed by atoms with Gasteiger partial charge in [0, 0.05) is 17.7 Å². The Hall–Kier alpha value is -3.33. The van der Waals surface area contributed by atoms with Crippen LogP contribution in [-0.4, -0.2) is 18.1 Å². The van der Waals surface area contributed by atoms with Gasteiger partial charge in [-0.25, -0.2) is 5.48 Å². The number of nitrogens with one attached hydrogen (secondary N) is 1. The minimum Gasteiger partial charge on any atom is -0.486 e. The molecular weight excluding hydrogens is 426 g/mol. The second-order valence-corrected chi connectivity index (χ2v) is 8.16. The lowest BCUT2D eigenvalue weighted by molar-refractivity contribution is -0.122. The molecule has 180 valence electrons. The van der Waals surface area contributed by atoms with Crippen LogP contribution in [0.3, 0.4) is 0 Å². The van der Waals surface area contributed by atoms with Gasteiger partial charge in [-0.3, -0.25) is 9.63 Å². The SMILES string of the molecule is CCCC(Oc1ccc(-c2c#cc(C(C)C)cc2)cc1)c1ccc(CONCC)cc1.O=CO. The van der Waals surface area contributed by atoms with E-state index in [2.05, 4.69) is 86.9 Å². The zero-order valence-corrected chi connectivity index (χ0v) is 20.5. The molecule has 34 heavy (non-hydrogen) atoms. The predicted molar refractivity (Wildman–Crippen MR) is 136 cm³/mol. The van der Waals surface area contributed by atoms with Crippen molar-refractivity contribution in [2.45, 2.75) is 59.2 Å². The van der Waals surface area contributed by atoms with Crippen molar-refractivity contribution in [2.75, 3.05) is 6.54 Å². The smallest absolute Gasteiger partial charge is 0.290 e. The number of hydroxylamine groups is 1. The molecule has 0 radical (unpaired) electrons. The molecule has 2 N–H and O–H groups in total. The van der Waals surface area contributed by atoms with Crippen molar-refractivity contribution < 1.29 is 19.5 Å². The molecule has 3 rings (SSSR count). The largest absolute Gasteiger partial charge is 0.486 e. The third-order valence-corrected chi connectivity index (χ3v) is 5.22. The molecule has 5 nitrogen and oxygen atoms in total. The summed E-state index contributed by atoms with van der Waals surface area (Å²) in [5, 5.41) is 6.89. The number of ether oxygens (including phenoxy) is 1. The van der Waals surface area contributed by atoms with E-state index in [1.54, 1.807) is 0 Å². The van der Waals surface area contributed by atoms with E-state index < -0.39 is 0 Å². The van der Waals surface area contributed by atoms with Gasteiger partial charge in [-0.15, -0.1) is 0 Å². The van der Waals surface area contributed by atoms with E-state index >= 15 is 0 Å². The Morgan fingerprint density at radius 3 is 2.18 bits per heavy atom. The molecule has 0 aromatic heterocycles. The number of benzene rings is 2. The molecule has 0 spiro atoms. The molecule has 0 aliphatic heterocycles.